The summed E-state index contributed by atoms with van der Waals surface area (Å²) >= 11 is 5.79. The van der Waals surface area contributed by atoms with E-state index >= 15 is 0 Å². The zero-order valence-corrected chi connectivity index (χ0v) is 8.12. The van der Waals surface area contributed by atoms with E-state index in [2.05, 4.69) is 4.79 Å². The molecule has 2 rings (SSSR count). The van der Waals surface area contributed by atoms with Crippen molar-refractivity contribution >= 4 is 28.9 Å². The molecule has 4 nitrogen and oxygen atoms in total. The molecule has 0 saturated carbocycles. The summed E-state index contributed by atoms with van der Waals surface area (Å²) in [5.41, 5.74) is 10.00. The topological polar surface area (TPSA) is 56.7 Å². The van der Waals surface area contributed by atoms with Gasteiger partial charge in [-0.15, -0.1) is 0 Å². The van der Waals surface area contributed by atoms with Crippen molar-refractivity contribution in [3.05, 3.63) is 34.3 Å². The highest BCUT2D eigenvalue weighted by molar-refractivity contribution is 6.52. The van der Waals surface area contributed by atoms with Crippen molar-refractivity contribution in [1.82, 2.24) is 0 Å². The lowest BCUT2D eigenvalue weighted by molar-refractivity contribution is -0.115. The highest BCUT2D eigenvalue weighted by Gasteiger charge is 2.38. The van der Waals surface area contributed by atoms with Crippen molar-refractivity contribution in [2.24, 2.45) is 0 Å². The maximum absolute atomic E-state index is 11.5. The molecule has 0 spiro atoms. The van der Waals surface area contributed by atoms with Gasteiger partial charge in [-0.2, -0.15) is 4.79 Å². The van der Waals surface area contributed by atoms with E-state index in [0.29, 0.717) is 16.3 Å². The summed E-state index contributed by atoms with van der Waals surface area (Å²) in [4.78, 5) is 15.9. The second-order valence-electron chi connectivity index (χ2n) is 2.97. The van der Waals surface area contributed by atoms with Gasteiger partial charge in [-0.1, -0.05) is 11.6 Å². The molecule has 5 heteroatoms. The fraction of sp³-hybridized carbons (Fsp3) is 0.111. The Morgan fingerprint density at radius 2 is 2.21 bits per heavy atom. The van der Waals surface area contributed by atoms with E-state index in [1.165, 1.54) is 4.90 Å². The number of fused-ring (bicyclic) bond motifs is 1. The largest absolute Gasteiger partial charge is 0.389 e. The molecule has 0 aliphatic carbocycles. The Labute approximate surface area is 85.3 Å². The molecule has 1 aromatic rings. The van der Waals surface area contributed by atoms with Gasteiger partial charge in [-0.3, -0.25) is 4.79 Å². The molecule has 0 aromatic heterocycles. The molecule has 0 atom stereocenters. The Morgan fingerprint density at radius 3 is 2.86 bits per heavy atom. The van der Waals surface area contributed by atoms with Crippen molar-refractivity contribution in [3.8, 4) is 0 Å². The first kappa shape index (κ1) is 8.94. The number of hydrogen-bond donors (Lipinski definition) is 0. The minimum absolute atomic E-state index is 0.0548. The summed E-state index contributed by atoms with van der Waals surface area (Å²) in [5, 5.41) is 0.544. The molecule has 0 N–H and O–H groups in total. The molecule has 1 heterocycles. The van der Waals surface area contributed by atoms with Crippen LogP contribution in [-0.2, 0) is 4.79 Å². The van der Waals surface area contributed by atoms with Crippen LogP contribution in [0.15, 0.2) is 18.2 Å². The molecule has 0 bridgehead atoms. The van der Waals surface area contributed by atoms with Crippen LogP contribution in [0.4, 0.5) is 5.69 Å². The predicted molar refractivity (Wildman–Crippen MR) is 52.6 cm³/mol. The maximum Gasteiger partial charge on any atom is 0.389 e. The first-order valence-corrected chi connectivity index (χ1v) is 4.33. The lowest BCUT2D eigenvalue weighted by atomic mass is 10.1. The summed E-state index contributed by atoms with van der Waals surface area (Å²) in [6.07, 6.45) is 0. The lowest BCUT2D eigenvalue weighted by Gasteiger charge is -2.06. The summed E-state index contributed by atoms with van der Waals surface area (Å²) < 4.78 is 0. The number of carbonyl (C=O) groups is 1. The van der Waals surface area contributed by atoms with E-state index in [1.54, 1.807) is 25.2 Å². The first-order chi connectivity index (χ1) is 6.65. The molecular weight excluding hydrogens is 202 g/mol. The minimum Gasteiger partial charge on any atom is -0.361 e. The quantitative estimate of drug-likeness (QED) is 0.468. The summed E-state index contributed by atoms with van der Waals surface area (Å²) in [5.74, 6) is -0.329. The summed E-state index contributed by atoms with van der Waals surface area (Å²) in [6, 6.07) is 4.97. The zero-order chi connectivity index (χ0) is 10.3. The molecule has 70 valence electrons. The third kappa shape index (κ3) is 1.05. The number of carbonyl (C=O) groups excluding carboxylic acids is 1. The van der Waals surface area contributed by atoms with Gasteiger partial charge >= 0.3 is 11.6 Å². The van der Waals surface area contributed by atoms with Gasteiger partial charge in [0.25, 0.3) is 0 Å². The molecule has 1 aliphatic rings. The van der Waals surface area contributed by atoms with Gasteiger partial charge in [-0.25, -0.2) is 0 Å². The van der Waals surface area contributed by atoms with Gasteiger partial charge in [0.2, 0.25) is 0 Å². The Balaban J connectivity index is 2.74. The van der Waals surface area contributed by atoms with Crippen LogP contribution < -0.4 is 4.90 Å². The van der Waals surface area contributed by atoms with Crippen molar-refractivity contribution in [2.75, 3.05) is 11.9 Å². The van der Waals surface area contributed by atoms with Crippen molar-refractivity contribution in [2.45, 2.75) is 0 Å². The number of benzene rings is 1. The predicted octanol–water partition coefficient (Wildman–Crippen LogP) is 1.34. The number of likely N-dealkylation sites (N-methyl/N-ethyl adjacent to an activating group) is 1. The van der Waals surface area contributed by atoms with Crippen LogP contribution in [0.25, 0.3) is 5.53 Å². The Bertz CT molecular complexity index is 477. The molecule has 14 heavy (non-hydrogen) atoms. The average molecular weight is 208 g/mol. The van der Waals surface area contributed by atoms with Crippen LogP contribution in [0, 0.1) is 0 Å². The SMILES string of the molecule is CN1C(=O)C(=[N+]=[N-])c2ccc(Cl)cc21. The van der Waals surface area contributed by atoms with Gasteiger partial charge < -0.3 is 10.4 Å². The molecule has 1 aromatic carbocycles. The number of rotatable bonds is 0. The van der Waals surface area contributed by atoms with E-state index in [9.17, 15) is 4.79 Å². The maximum atomic E-state index is 11.5. The fourth-order valence-electron chi connectivity index (χ4n) is 1.46. The second-order valence-corrected chi connectivity index (χ2v) is 3.41. The monoisotopic (exact) mass is 207 g/mol. The normalized spacial score (nSPS) is 14.3. The first-order valence-electron chi connectivity index (χ1n) is 3.95. The number of anilines is 1. The standard InChI is InChI=1S/C9H6ClN3O/c1-13-7-4-5(10)2-3-6(7)8(12-11)9(13)14/h2-4H,1H3. The minimum atomic E-state index is -0.329. The third-order valence-corrected chi connectivity index (χ3v) is 2.42. The van der Waals surface area contributed by atoms with Crippen LogP contribution in [0.3, 0.4) is 0 Å². The van der Waals surface area contributed by atoms with Crippen molar-refractivity contribution in [3.63, 3.8) is 0 Å². The van der Waals surface area contributed by atoms with E-state index in [4.69, 9.17) is 17.1 Å². The van der Waals surface area contributed by atoms with Crippen LogP contribution in [0.5, 0.6) is 0 Å². The molecular formula is C9H6ClN3O. The smallest absolute Gasteiger partial charge is 0.361 e. The Kier molecular flexibility index (Phi) is 1.88. The summed E-state index contributed by atoms with van der Waals surface area (Å²) in [7, 11) is 1.61. The molecule has 0 saturated heterocycles. The van der Waals surface area contributed by atoms with Gasteiger partial charge in [0, 0.05) is 12.1 Å². The third-order valence-electron chi connectivity index (χ3n) is 2.18. The highest BCUT2D eigenvalue weighted by atomic mass is 35.5. The average Bonchev–Trinajstić information content (AvgIpc) is 2.41. The number of nitrogens with zero attached hydrogens (tertiary/aromatic N) is 3. The van der Waals surface area contributed by atoms with Gasteiger partial charge in [0.15, 0.2) is 0 Å². The van der Waals surface area contributed by atoms with Gasteiger partial charge in [0.05, 0.1) is 11.3 Å². The molecule has 1 aliphatic heterocycles. The molecule has 1 amide bonds. The van der Waals surface area contributed by atoms with Crippen LogP contribution in [0.1, 0.15) is 5.56 Å². The Hall–Kier alpha value is -1.64. The van der Waals surface area contributed by atoms with E-state index < -0.39 is 0 Å². The number of amides is 1. The van der Waals surface area contributed by atoms with Crippen molar-refractivity contribution < 1.29 is 9.58 Å². The Morgan fingerprint density at radius 1 is 1.50 bits per heavy atom. The summed E-state index contributed by atoms with van der Waals surface area (Å²) in [6.45, 7) is 0. The number of hydrogen-bond acceptors (Lipinski definition) is 1. The van der Waals surface area contributed by atoms with E-state index in [1.807, 2.05) is 0 Å². The van der Waals surface area contributed by atoms with Crippen LogP contribution in [-0.4, -0.2) is 23.5 Å². The van der Waals surface area contributed by atoms with E-state index in [-0.39, 0.29) is 11.6 Å². The molecule has 0 radical (unpaired) electrons. The van der Waals surface area contributed by atoms with Crippen molar-refractivity contribution in [1.29, 1.82) is 0 Å². The van der Waals surface area contributed by atoms with Crippen LogP contribution >= 0.6 is 11.6 Å². The molecule has 0 fully saturated rings. The van der Waals surface area contributed by atoms with Gasteiger partial charge in [-0.05, 0) is 18.2 Å². The highest BCUT2D eigenvalue weighted by Crippen LogP contribution is 2.29. The lowest BCUT2D eigenvalue weighted by Crippen LogP contribution is -2.25. The second kappa shape index (κ2) is 2.94. The van der Waals surface area contributed by atoms with Crippen LogP contribution in [0.2, 0.25) is 5.02 Å². The zero-order valence-electron chi connectivity index (χ0n) is 7.36. The fourth-order valence-corrected chi connectivity index (χ4v) is 1.63. The van der Waals surface area contributed by atoms with Gasteiger partial charge in [0.1, 0.15) is 0 Å². The van der Waals surface area contributed by atoms with E-state index in [0.717, 1.165) is 0 Å². The number of halogens is 1. The molecule has 0 unspecified atom stereocenters.